The maximum atomic E-state index is 17.1. The standard InChI is InChI=1S/C41H45F2N5O5/c1-3-29-32(42)10-7-24-16-26(49)19-30(34(24)29)36-35(43)37-31(20-44-36)38(47-14-15-51-22-40(2,50)21-47)46-39(45-37)52-23-41-11-4-6-33(41)48(13-5-12-41)25-17-27-8-9-28(18-25)53-27/h1,7,10,16,19-20,25,27-28,33,49-50H,4-6,8-9,11-15,17-18,21-23H2,2H3/t25?,27?,28?,33-,40+,41-/m1/s1. The van der Waals surface area contributed by atoms with Crippen LogP contribution in [0.15, 0.2) is 30.5 Å². The number of halogens is 2. The van der Waals surface area contributed by atoms with Gasteiger partial charge in [-0.25, -0.2) is 8.78 Å². The van der Waals surface area contributed by atoms with Crippen molar-refractivity contribution in [2.24, 2.45) is 5.41 Å². The van der Waals surface area contributed by atoms with Crippen LogP contribution in [0.5, 0.6) is 11.8 Å². The SMILES string of the molecule is C#Cc1c(F)ccc2cc(O)cc(-c3ncc4c(N5CCOC[C@@](C)(O)C5)nc(OC[C@]56CCC[C@H]5N(C5CC7CCC(C5)O7)CCC6)nc4c3F)c12. The number of pyridine rings is 1. The summed E-state index contributed by atoms with van der Waals surface area (Å²) in [6, 6.07) is 6.43. The Kier molecular flexibility index (Phi) is 8.69. The van der Waals surface area contributed by atoms with Crippen LogP contribution in [0.4, 0.5) is 14.6 Å². The molecule has 1 aliphatic carbocycles. The van der Waals surface area contributed by atoms with E-state index in [-0.39, 0.29) is 58.1 Å². The maximum absolute atomic E-state index is 17.1. The fourth-order valence-electron chi connectivity index (χ4n) is 10.1. The van der Waals surface area contributed by atoms with Gasteiger partial charge in [-0.3, -0.25) is 9.88 Å². The summed E-state index contributed by atoms with van der Waals surface area (Å²) in [5, 5.41) is 22.8. The van der Waals surface area contributed by atoms with Gasteiger partial charge in [0.05, 0.1) is 49.5 Å². The molecular weight excluding hydrogens is 680 g/mol. The van der Waals surface area contributed by atoms with E-state index in [9.17, 15) is 14.6 Å². The van der Waals surface area contributed by atoms with Crippen molar-refractivity contribution in [1.29, 1.82) is 0 Å². The molecule has 6 heterocycles. The highest BCUT2D eigenvalue weighted by molar-refractivity contribution is 6.03. The van der Waals surface area contributed by atoms with Gasteiger partial charge >= 0.3 is 6.01 Å². The summed E-state index contributed by atoms with van der Waals surface area (Å²) in [6.07, 6.45) is 17.8. The lowest BCUT2D eigenvalue weighted by molar-refractivity contribution is -0.0798. The molecule has 2 N–H and O–H groups in total. The molecule has 2 aromatic carbocycles. The van der Waals surface area contributed by atoms with Gasteiger partial charge < -0.3 is 29.3 Å². The summed E-state index contributed by atoms with van der Waals surface area (Å²) in [7, 11) is 0. The lowest BCUT2D eigenvalue weighted by Gasteiger charge is -2.50. The zero-order valence-corrected chi connectivity index (χ0v) is 30.0. The molecule has 4 saturated heterocycles. The molecule has 1 saturated carbocycles. The van der Waals surface area contributed by atoms with Crippen LogP contribution in [-0.4, -0.2) is 99.4 Å². The molecule has 2 unspecified atom stereocenters. The second-order valence-electron chi connectivity index (χ2n) is 16.1. The van der Waals surface area contributed by atoms with Crippen LogP contribution in [0.1, 0.15) is 70.3 Å². The maximum Gasteiger partial charge on any atom is 0.319 e. The van der Waals surface area contributed by atoms with Crippen molar-refractivity contribution in [3.8, 4) is 35.4 Å². The van der Waals surface area contributed by atoms with E-state index < -0.39 is 17.2 Å². The number of hydrogen-bond donors (Lipinski definition) is 2. The van der Waals surface area contributed by atoms with Crippen molar-refractivity contribution in [1.82, 2.24) is 19.9 Å². The molecule has 0 spiro atoms. The second-order valence-corrected chi connectivity index (χ2v) is 16.1. The number of fused-ring (bicyclic) bond motifs is 5. The number of phenolic OH excluding ortho intramolecular Hbond substituents is 1. The predicted molar refractivity (Wildman–Crippen MR) is 196 cm³/mol. The number of ether oxygens (including phenoxy) is 3. The number of aromatic hydroxyl groups is 1. The van der Waals surface area contributed by atoms with E-state index in [1.165, 1.54) is 30.5 Å². The molecule has 2 aromatic heterocycles. The van der Waals surface area contributed by atoms with E-state index in [0.717, 1.165) is 64.3 Å². The minimum Gasteiger partial charge on any atom is -0.508 e. The minimum atomic E-state index is -1.19. The van der Waals surface area contributed by atoms with Gasteiger partial charge in [-0.05, 0) is 88.4 Å². The first-order valence-electron chi connectivity index (χ1n) is 19.0. The first-order valence-corrected chi connectivity index (χ1v) is 19.0. The average Bonchev–Trinajstić information content (AvgIpc) is 3.67. The molecule has 5 atom stereocenters. The molecular formula is C41H45F2N5O5. The number of likely N-dealkylation sites (tertiary alicyclic amines) is 1. The third kappa shape index (κ3) is 6.15. The monoisotopic (exact) mass is 725 g/mol. The number of piperidine rings is 1. The summed E-state index contributed by atoms with van der Waals surface area (Å²) in [4.78, 5) is 18.7. The summed E-state index contributed by atoms with van der Waals surface area (Å²) >= 11 is 0. The first-order chi connectivity index (χ1) is 25.6. The molecule has 0 amide bonds. The largest absolute Gasteiger partial charge is 0.508 e. The average molecular weight is 726 g/mol. The smallest absolute Gasteiger partial charge is 0.319 e. The van der Waals surface area contributed by atoms with E-state index in [1.807, 2.05) is 4.90 Å². The van der Waals surface area contributed by atoms with Gasteiger partial charge in [0.25, 0.3) is 0 Å². The predicted octanol–water partition coefficient (Wildman–Crippen LogP) is 6.12. The van der Waals surface area contributed by atoms with Crippen molar-refractivity contribution in [2.45, 2.75) is 94.6 Å². The molecule has 10 nitrogen and oxygen atoms in total. The van der Waals surface area contributed by atoms with E-state index in [1.54, 1.807) is 6.92 Å². The topological polar surface area (TPSA) is 113 Å². The highest BCUT2D eigenvalue weighted by atomic mass is 19.1. The van der Waals surface area contributed by atoms with Gasteiger partial charge in [-0.15, -0.1) is 6.42 Å². The van der Waals surface area contributed by atoms with E-state index in [2.05, 4.69) is 15.8 Å². The molecule has 9 rings (SSSR count). The van der Waals surface area contributed by atoms with Crippen LogP contribution in [0, 0.1) is 29.4 Å². The van der Waals surface area contributed by atoms with Crippen molar-refractivity contribution in [2.75, 3.05) is 44.4 Å². The fourth-order valence-corrected chi connectivity index (χ4v) is 10.1. The molecule has 2 bridgehead atoms. The lowest BCUT2D eigenvalue weighted by atomic mass is 9.74. The van der Waals surface area contributed by atoms with Crippen LogP contribution in [0.25, 0.3) is 32.9 Å². The van der Waals surface area contributed by atoms with Gasteiger partial charge in [-0.2, -0.15) is 9.97 Å². The number of hydrogen-bond acceptors (Lipinski definition) is 10. The number of benzene rings is 2. The van der Waals surface area contributed by atoms with Crippen molar-refractivity contribution in [3.63, 3.8) is 0 Å². The van der Waals surface area contributed by atoms with Crippen LogP contribution in [0.3, 0.4) is 0 Å². The summed E-state index contributed by atoms with van der Waals surface area (Å²) in [6.45, 7) is 4.21. The van der Waals surface area contributed by atoms with Crippen LogP contribution in [0.2, 0.25) is 0 Å². The van der Waals surface area contributed by atoms with Crippen LogP contribution in [-0.2, 0) is 9.47 Å². The van der Waals surface area contributed by atoms with E-state index >= 15 is 4.39 Å². The highest BCUT2D eigenvalue weighted by Gasteiger charge is 2.51. The fraction of sp³-hybridized carbons (Fsp3) is 0.537. The van der Waals surface area contributed by atoms with E-state index in [4.69, 9.17) is 30.6 Å². The zero-order chi connectivity index (χ0) is 36.5. The van der Waals surface area contributed by atoms with Crippen LogP contribution < -0.4 is 9.64 Å². The van der Waals surface area contributed by atoms with Crippen molar-refractivity contribution >= 4 is 27.5 Å². The third-order valence-electron chi connectivity index (χ3n) is 12.4. The Morgan fingerprint density at radius 1 is 1.08 bits per heavy atom. The van der Waals surface area contributed by atoms with Gasteiger partial charge in [0.2, 0.25) is 0 Å². The Balaban J connectivity index is 1.12. The quantitative estimate of drug-likeness (QED) is 0.226. The molecule has 278 valence electrons. The molecule has 53 heavy (non-hydrogen) atoms. The Bertz CT molecular complexity index is 2110. The third-order valence-corrected chi connectivity index (χ3v) is 12.4. The molecule has 0 radical (unpaired) electrons. The summed E-state index contributed by atoms with van der Waals surface area (Å²) in [5.74, 6) is 1.18. The Hall–Kier alpha value is -4.15. The molecule has 4 aromatic rings. The Morgan fingerprint density at radius 2 is 1.89 bits per heavy atom. The van der Waals surface area contributed by atoms with E-state index in [0.29, 0.717) is 60.6 Å². The second kappa shape index (κ2) is 13.3. The number of anilines is 1. The number of β-amino-alcohol motifs (C(OH)–C–C–N with tert-alkyl or cyclic N) is 1. The van der Waals surface area contributed by atoms with Crippen molar-refractivity contribution < 1.29 is 33.2 Å². The number of nitrogens with zero attached hydrogens (tertiary/aromatic N) is 5. The van der Waals surface area contributed by atoms with Gasteiger partial charge in [0.1, 0.15) is 34.2 Å². The van der Waals surface area contributed by atoms with Gasteiger partial charge in [0.15, 0.2) is 5.82 Å². The number of aliphatic hydroxyl groups is 1. The van der Waals surface area contributed by atoms with Gasteiger partial charge in [0, 0.05) is 41.2 Å². The first kappa shape index (κ1) is 34.6. The normalized spacial score (nSPS) is 30.4. The molecule has 4 aliphatic heterocycles. The van der Waals surface area contributed by atoms with Crippen LogP contribution >= 0.6 is 0 Å². The minimum absolute atomic E-state index is 0.0331. The molecule has 12 heteroatoms. The zero-order valence-electron chi connectivity index (χ0n) is 30.0. The Labute approximate surface area is 307 Å². The van der Waals surface area contributed by atoms with Gasteiger partial charge in [-0.1, -0.05) is 18.4 Å². The lowest BCUT2D eigenvalue weighted by Crippen LogP contribution is -2.57. The van der Waals surface area contributed by atoms with Crippen molar-refractivity contribution in [3.05, 3.63) is 47.7 Å². The number of aromatic nitrogens is 3. The molecule has 5 fully saturated rings. The molecule has 5 aliphatic rings. The number of terminal acetylenes is 1. The number of rotatable bonds is 6. The summed E-state index contributed by atoms with van der Waals surface area (Å²) in [5.41, 5.74) is -1.38. The highest BCUT2D eigenvalue weighted by Crippen LogP contribution is 2.50. The Morgan fingerprint density at radius 3 is 2.70 bits per heavy atom. The summed E-state index contributed by atoms with van der Waals surface area (Å²) < 4.78 is 50.6. The number of phenols is 1.